The average molecular weight is 293 g/mol. The van der Waals surface area contributed by atoms with Crippen molar-refractivity contribution < 1.29 is 15.3 Å². The predicted octanol–water partition coefficient (Wildman–Crippen LogP) is 2.80. The van der Waals surface area contributed by atoms with Crippen molar-refractivity contribution >= 4 is 10.9 Å². The van der Waals surface area contributed by atoms with E-state index in [2.05, 4.69) is 4.98 Å². The van der Waals surface area contributed by atoms with Crippen LogP contribution in [0.2, 0.25) is 0 Å². The largest absolute Gasteiger partial charge is 0.506 e. The van der Waals surface area contributed by atoms with Gasteiger partial charge in [0.05, 0.1) is 29.3 Å². The van der Waals surface area contributed by atoms with Crippen LogP contribution in [0.5, 0.6) is 5.75 Å². The first-order valence-electron chi connectivity index (χ1n) is 7.20. The summed E-state index contributed by atoms with van der Waals surface area (Å²) in [5, 5.41) is 32.2. The highest BCUT2D eigenvalue weighted by atomic mass is 16.3. The summed E-state index contributed by atoms with van der Waals surface area (Å²) in [6, 6.07) is 16.3. The Morgan fingerprint density at radius 3 is 2.09 bits per heavy atom. The van der Waals surface area contributed by atoms with E-state index in [-0.39, 0.29) is 5.75 Å². The maximum absolute atomic E-state index is 10.6. The van der Waals surface area contributed by atoms with Gasteiger partial charge in [-0.15, -0.1) is 0 Å². The van der Waals surface area contributed by atoms with E-state index in [1.807, 2.05) is 36.4 Å². The van der Waals surface area contributed by atoms with E-state index in [1.165, 1.54) is 0 Å². The lowest BCUT2D eigenvalue weighted by Crippen LogP contribution is -2.12. The Labute approximate surface area is 127 Å². The van der Waals surface area contributed by atoms with Gasteiger partial charge in [0.15, 0.2) is 0 Å². The summed E-state index contributed by atoms with van der Waals surface area (Å²) < 4.78 is 0. The van der Waals surface area contributed by atoms with Crippen LogP contribution in [0.3, 0.4) is 0 Å². The van der Waals surface area contributed by atoms with Gasteiger partial charge in [0.25, 0.3) is 0 Å². The minimum atomic E-state index is -0.884. The quantitative estimate of drug-likeness (QED) is 0.645. The molecule has 0 saturated heterocycles. The van der Waals surface area contributed by atoms with Crippen molar-refractivity contribution in [3.05, 3.63) is 71.4 Å². The molecule has 0 aliphatic heterocycles. The second kappa shape index (κ2) is 4.80. The van der Waals surface area contributed by atoms with Gasteiger partial charge in [-0.2, -0.15) is 0 Å². The van der Waals surface area contributed by atoms with Crippen molar-refractivity contribution in [3.8, 4) is 5.75 Å². The monoisotopic (exact) mass is 293 g/mol. The van der Waals surface area contributed by atoms with E-state index in [0.717, 1.165) is 10.9 Å². The summed E-state index contributed by atoms with van der Waals surface area (Å²) in [5.41, 5.74) is 2.43. The number of aromatic nitrogens is 1. The van der Waals surface area contributed by atoms with E-state index in [0.29, 0.717) is 16.8 Å². The Kier molecular flexibility index (Phi) is 2.89. The molecule has 4 nitrogen and oxygen atoms in total. The van der Waals surface area contributed by atoms with E-state index in [1.54, 1.807) is 18.2 Å². The van der Waals surface area contributed by atoms with Crippen molar-refractivity contribution in [2.45, 2.75) is 18.1 Å². The van der Waals surface area contributed by atoms with Crippen LogP contribution in [0, 0.1) is 0 Å². The molecule has 2 unspecified atom stereocenters. The number of hydrogen-bond donors (Lipinski definition) is 3. The lowest BCUT2D eigenvalue weighted by molar-refractivity contribution is 0.0740. The zero-order chi connectivity index (χ0) is 15.3. The van der Waals surface area contributed by atoms with Crippen LogP contribution >= 0.6 is 0 Å². The maximum atomic E-state index is 10.6. The molecule has 3 aromatic rings. The maximum Gasteiger partial charge on any atom is 0.138 e. The summed E-state index contributed by atoms with van der Waals surface area (Å²) in [6.07, 6.45) is -1.77. The molecule has 1 aliphatic rings. The fraction of sp³-hybridized carbons (Fsp3) is 0.167. The molecule has 0 amide bonds. The molecule has 4 rings (SSSR count). The standard InChI is InChI=1S/C18H15NO3/c20-14-9-10-5-1-4-8-13(10)19-16(14)15-17(21)11-6-2-3-7-12(11)18(15)22/h1-9,15,17-18,20-22H. The number of hydrogen-bond acceptors (Lipinski definition) is 4. The number of benzene rings is 2. The van der Waals surface area contributed by atoms with Crippen LogP contribution in [-0.4, -0.2) is 20.3 Å². The summed E-state index contributed by atoms with van der Waals surface area (Å²) in [4.78, 5) is 4.47. The number of aliphatic hydroxyl groups excluding tert-OH is 2. The fourth-order valence-corrected chi connectivity index (χ4v) is 3.27. The van der Waals surface area contributed by atoms with Gasteiger partial charge in [0.1, 0.15) is 5.75 Å². The van der Waals surface area contributed by atoms with Crippen molar-refractivity contribution in [3.63, 3.8) is 0 Å². The Hall–Kier alpha value is -2.43. The minimum absolute atomic E-state index is 0.00499. The molecule has 0 radical (unpaired) electrons. The van der Waals surface area contributed by atoms with Crippen LogP contribution in [0.1, 0.15) is 34.9 Å². The van der Waals surface area contributed by atoms with Crippen LogP contribution in [0.25, 0.3) is 10.9 Å². The molecule has 110 valence electrons. The number of fused-ring (bicyclic) bond motifs is 2. The number of pyridine rings is 1. The number of aromatic hydroxyl groups is 1. The Balaban J connectivity index is 1.88. The van der Waals surface area contributed by atoms with Crippen molar-refractivity contribution in [2.75, 3.05) is 0 Å². The molecule has 4 heteroatoms. The highest BCUT2D eigenvalue weighted by Gasteiger charge is 2.41. The number of para-hydroxylation sites is 1. The van der Waals surface area contributed by atoms with E-state index in [4.69, 9.17) is 0 Å². The highest BCUT2D eigenvalue weighted by molar-refractivity contribution is 5.80. The molecule has 1 aromatic heterocycles. The molecular weight excluding hydrogens is 278 g/mol. The van der Waals surface area contributed by atoms with E-state index in [9.17, 15) is 15.3 Å². The van der Waals surface area contributed by atoms with Gasteiger partial charge in [0, 0.05) is 5.39 Å². The second-order valence-corrected chi connectivity index (χ2v) is 5.63. The minimum Gasteiger partial charge on any atom is -0.506 e. The van der Waals surface area contributed by atoms with Gasteiger partial charge in [-0.25, -0.2) is 4.98 Å². The topological polar surface area (TPSA) is 73.6 Å². The van der Waals surface area contributed by atoms with Crippen LogP contribution in [-0.2, 0) is 0 Å². The zero-order valence-corrected chi connectivity index (χ0v) is 11.7. The van der Waals surface area contributed by atoms with Crippen LogP contribution < -0.4 is 0 Å². The Morgan fingerprint density at radius 1 is 0.818 bits per heavy atom. The lowest BCUT2D eigenvalue weighted by Gasteiger charge is -2.19. The van der Waals surface area contributed by atoms with Crippen LogP contribution in [0.4, 0.5) is 0 Å². The van der Waals surface area contributed by atoms with E-state index < -0.39 is 18.1 Å². The Morgan fingerprint density at radius 2 is 1.41 bits per heavy atom. The SMILES string of the molecule is Oc1cc2ccccc2nc1C1C(O)c2ccccc2C1O. The molecule has 0 spiro atoms. The van der Waals surface area contributed by atoms with Gasteiger partial charge in [-0.05, 0) is 23.3 Å². The first-order valence-corrected chi connectivity index (χ1v) is 7.20. The number of nitrogens with zero attached hydrogens (tertiary/aromatic N) is 1. The van der Waals surface area contributed by atoms with E-state index >= 15 is 0 Å². The summed E-state index contributed by atoms with van der Waals surface area (Å²) in [7, 11) is 0. The predicted molar refractivity (Wildman–Crippen MR) is 82.5 cm³/mol. The molecule has 0 saturated carbocycles. The fourth-order valence-electron chi connectivity index (χ4n) is 3.27. The Bertz CT molecular complexity index is 833. The molecule has 0 bridgehead atoms. The molecule has 3 N–H and O–H groups in total. The van der Waals surface area contributed by atoms with Crippen molar-refractivity contribution in [1.29, 1.82) is 0 Å². The first kappa shape index (κ1) is 13.2. The molecule has 1 heterocycles. The van der Waals surface area contributed by atoms with Gasteiger partial charge >= 0.3 is 0 Å². The van der Waals surface area contributed by atoms with Crippen molar-refractivity contribution in [1.82, 2.24) is 4.98 Å². The summed E-state index contributed by atoms with van der Waals surface area (Å²) >= 11 is 0. The number of aliphatic hydroxyl groups is 2. The molecule has 0 fully saturated rings. The van der Waals surface area contributed by atoms with Crippen LogP contribution in [0.15, 0.2) is 54.6 Å². The third-order valence-corrected chi connectivity index (χ3v) is 4.36. The summed E-state index contributed by atoms with van der Waals surface area (Å²) in [5.74, 6) is -0.670. The van der Waals surface area contributed by atoms with Gasteiger partial charge in [-0.3, -0.25) is 0 Å². The average Bonchev–Trinajstić information content (AvgIpc) is 2.79. The molecular formula is C18H15NO3. The first-order chi connectivity index (χ1) is 10.7. The van der Waals surface area contributed by atoms with Gasteiger partial charge in [0.2, 0.25) is 0 Å². The number of rotatable bonds is 1. The normalized spacial score (nSPS) is 23.6. The van der Waals surface area contributed by atoms with Gasteiger partial charge < -0.3 is 15.3 Å². The summed E-state index contributed by atoms with van der Waals surface area (Å²) in [6.45, 7) is 0. The van der Waals surface area contributed by atoms with Gasteiger partial charge in [-0.1, -0.05) is 42.5 Å². The molecule has 2 atom stereocenters. The third-order valence-electron chi connectivity index (χ3n) is 4.36. The lowest BCUT2D eigenvalue weighted by atomic mass is 9.95. The van der Waals surface area contributed by atoms with Crippen molar-refractivity contribution in [2.24, 2.45) is 0 Å². The molecule has 22 heavy (non-hydrogen) atoms. The second-order valence-electron chi connectivity index (χ2n) is 5.63. The smallest absolute Gasteiger partial charge is 0.138 e. The molecule has 2 aromatic carbocycles. The zero-order valence-electron chi connectivity index (χ0n) is 11.7. The third kappa shape index (κ3) is 1.81. The highest BCUT2D eigenvalue weighted by Crippen LogP contribution is 2.50. The molecule has 1 aliphatic carbocycles.